The number of nitrogens with one attached hydrogen (secondary N) is 1. The zero-order valence-electron chi connectivity index (χ0n) is 14.6. The van der Waals surface area contributed by atoms with Crippen molar-refractivity contribution in [2.45, 2.75) is 24.8 Å². The lowest BCUT2D eigenvalue weighted by atomic mass is 9.71. The van der Waals surface area contributed by atoms with Gasteiger partial charge in [0.25, 0.3) is 0 Å². The van der Waals surface area contributed by atoms with Crippen LogP contribution in [0.4, 0.5) is 10.1 Å². The molecule has 25 heavy (non-hydrogen) atoms. The van der Waals surface area contributed by atoms with Crippen LogP contribution < -0.4 is 10.2 Å². The van der Waals surface area contributed by atoms with E-state index in [9.17, 15) is 9.18 Å². The first-order chi connectivity index (χ1) is 12.0. The fourth-order valence-corrected chi connectivity index (χ4v) is 3.12. The molecular formula is C21H23FN2O. The van der Waals surface area contributed by atoms with Crippen LogP contribution >= 0.6 is 0 Å². The molecule has 0 heterocycles. The maximum Gasteiger partial charge on any atom is 0.244 e. The molecule has 0 bridgehead atoms. The van der Waals surface area contributed by atoms with E-state index in [0.717, 1.165) is 36.1 Å². The minimum Gasteiger partial charge on any atom is -0.378 e. The van der Waals surface area contributed by atoms with Gasteiger partial charge < -0.3 is 10.2 Å². The van der Waals surface area contributed by atoms with E-state index >= 15 is 0 Å². The lowest BCUT2D eigenvalue weighted by molar-refractivity contribution is -0.119. The van der Waals surface area contributed by atoms with Crippen LogP contribution in [0.25, 0.3) is 6.08 Å². The maximum absolute atomic E-state index is 13.1. The number of rotatable bonds is 5. The van der Waals surface area contributed by atoms with Gasteiger partial charge >= 0.3 is 0 Å². The van der Waals surface area contributed by atoms with Crippen molar-refractivity contribution in [2.75, 3.05) is 19.0 Å². The number of hydrogen-bond acceptors (Lipinski definition) is 2. The highest BCUT2D eigenvalue weighted by molar-refractivity contribution is 5.92. The topological polar surface area (TPSA) is 32.3 Å². The van der Waals surface area contributed by atoms with Gasteiger partial charge in [0.1, 0.15) is 5.82 Å². The summed E-state index contributed by atoms with van der Waals surface area (Å²) in [6, 6.07) is 14.4. The Morgan fingerprint density at radius 2 is 1.72 bits per heavy atom. The number of benzene rings is 2. The van der Waals surface area contributed by atoms with E-state index in [1.807, 2.05) is 49.3 Å². The SMILES string of the molecule is CN(C)c1ccc(/C=C/C(=O)NC2(c3ccc(F)cc3)CCC2)cc1. The Morgan fingerprint density at radius 1 is 1.08 bits per heavy atom. The molecule has 0 radical (unpaired) electrons. The van der Waals surface area contributed by atoms with Gasteiger partial charge in [-0.15, -0.1) is 0 Å². The largest absolute Gasteiger partial charge is 0.378 e. The lowest BCUT2D eigenvalue weighted by Crippen LogP contribution is -2.50. The van der Waals surface area contributed by atoms with Gasteiger partial charge in [-0.25, -0.2) is 4.39 Å². The summed E-state index contributed by atoms with van der Waals surface area (Å²) in [6.07, 6.45) is 6.21. The Bertz CT molecular complexity index is 759. The molecule has 1 aliphatic carbocycles. The third-order valence-corrected chi connectivity index (χ3v) is 4.80. The van der Waals surface area contributed by atoms with Crippen molar-refractivity contribution in [3.63, 3.8) is 0 Å². The van der Waals surface area contributed by atoms with E-state index in [1.165, 1.54) is 12.1 Å². The minimum absolute atomic E-state index is 0.124. The van der Waals surface area contributed by atoms with Crippen molar-refractivity contribution in [2.24, 2.45) is 0 Å². The Hall–Kier alpha value is -2.62. The summed E-state index contributed by atoms with van der Waals surface area (Å²) in [5.41, 5.74) is 2.71. The van der Waals surface area contributed by atoms with Crippen molar-refractivity contribution in [3.8, 4) is 0 Å². The van der Waals surface area contributed by atoms with Gasteiger partial charge in [-0.05, 0) is 60.7 Å². The lowest BCUT2D eigenvalue weighted by Gasteiger charge is -2.43. The third kappa shape index (κ3) is 3.90. The van der Waals surface area contributed by atoms with E-state index in [0.29, 0.717) is 0 Å². The molecule has 2 aromatic carbocycles. The zero-order chi connectivity index (χ0) is 17.9. The number of amides is 1. The predicted octanol–water partition coefficient (Wildman–Crippen LogP) is 4.10. The summed E-state index contributed by atoms with van der Waals surface area (Å²) in [5.74, 6) is -0.383. The first-order valence-electron chi connectivity index (χ1n) is 8.52. The van der Waals surface area contributed by atoms with E-state index in [-0.39, 0.29) is 17.3 Å². The molecular weight excluding hydrogens is 315 g/mol. The Labute approximate surface area is 148 Å². The summed E-state index contributed by atoms with van der Waals surface area (Å²) < 4.78 is 13.1. The highest BCUT2D eigenvalue weighted by Crippen LogP contribution is 2.41. The second-order valence-corrected chi connectivity index (χ2v) is 6.75. The molecule has 1 amide bonds. The minimum atomic E-state index is -0.357. The summed E-state index contributed by atoms with van der Waals surface area (Å²) in [4.78, 5) is 14.4. The highest BCUT2D eigenvalue weighted by Gasteiger charge is 2.39. The van der Waals surface area contributed by atoms with E-state index < -0.39 is 0 Å². The van der Waals surface area contributed by atoms with Crippen molar-refractivity contribution >= 4 is 17.7 Å². The Morgan fingerprint density at radius 3 is 2.24 bits per heavy atom. The zero-order valence-corrected chi connectivity index (χ0v) is 14.6. The van der Waals surface area contributed by atoms with Gasteiger partial charge in [-0.2, -0.15) is 0 Å². The van der Waals surface area contributed by atoms with Gasteiger partial charge in [-0.3, -0.25) is 4.79 Å². The fraction of sp³-hybridized carbons (Fsp3) is 0.286. The van der Waals surface area contributed by atoms with Gasteiger partial charge in [0.15, 0.2) is 0 Å². The number of halogens is 1. The summed E-state index contributed by atoms with van der Waals surface area (Å²) in [7, 11) is 3.98. The molecule has 130 valence electrons. The molecule has 4 heteroatoms. The molecule has 2 aromatic rings. The normalized spacial score (nSPS) is 15.6. The van der Waals surface area contributed by atoms with Crippen molar-refractivity contribution < 1.29 is 9.18 Å². The molecule has 0 atom stereocenters. The first kappa shape index (κ1) is 17.2. The standard InChI is InChI=1S/C21H23FN2O/c1-24(2)19-11-4-16(5-12-19)6-13-20(25)23-21(14-3-15-21)17-7-9-18(22)10-8-17/h4-13H,3,14-15H2,1-2H3,(H,23,25)/b13-6+. The van der Waals surface area contributed by atoms with Crippen LogP contribution in [-0.4, -0.2) is 20.0 Å². The molecule has 0 unspecified atom stereocenters. The van der Waals surface area contributed by atoms with Crippen LogP contribution in [0.1, 0.15) is 30.4 Å². The fourth-order valence-electron chi connectivity index (χ4n) is 3.12. The average Bonchev–Trinajstić information content (AvgIpc) is 2.57. The van der Waals surface area contributed by atoms with Crippen molar-refractivity contribution in [3.05, 3.63) is 71.6 Å². The molecule has 1 saturated carbocycles. The summed E-state index contributed by atoms with van der Waals surface area (Å²) in [6.45, 7) is 0. The molecule has 0 saturated heterocycles. The Balaban J connectivity index is 1.67. The second-order valence-electron chi connectivity index (χ2n) is 6.75. The van der Waals surface area contributed by atoms with E-state index in [2.05, 4.69) is 5.32 Å². The highest BCUT2D eigenvalue weighted by atomic mass is 19.1. The van der Waals surface area contributed by atoms with Crippen molar-refractivity contribution in [1.82, 2.24) is 5.32 Å². The molecule has 0 aromatic heterocycles. The molecule has 1 aliphatic rings. The van der Waals surface area contributed by atoms with Crippen molar-refractivity contribution in [1.29, 1.82) is 0 Å². The molecule has 1 N–H and O–H groups in total. The second kappa shape index (κ2) is 7.09. The first-order valence-corrected chi connectivity index (χ1v) is 8.52. The Kier molecular flexibility index (Phi) is 4.88. The number of carbonyl (C=O) groups is 1. The molecule has 3 nitrogen and oxygen atoms in total. The van der Waals surface area contributed by atoms with Crippen LogP contribution in [0, 0.1) is 5.82 Å². The molecule has 0 aliphatic heterocycles. The number of anilines is 1. The monoisotopic (exact) mass is 338 g/mol. The van der Waals surface area contributed by atoms with Gasteiger partial charge in [0.2, 0.25) is 5.91 Å². The summed E-state index contributed by atoms with van der Waals surface area (Å²) >= 11 is 0. The number of carbonyl (C=O) groups excluding carboxylic acids is 1. The van der Waals surface area contributed by atoms with E-state index in [4.69, 9.17) is 0 Å². The van der Waals surface area contributed by atoms with Crippen LogP contribution in [-0.2, 0) is 10.3 Å². The quantitative estimate of drug-likeness (QED) is 0.833. The number of hydrogen-bond donors (Lipinski definition) is 1. The van der Waals surface area contributed by atoms with Crippen LogP contribution in [0.3, 0.4) is 0 Å². The molecule has 3 rings (SSSR count). The van der Waals surface area contributed by atoms with Crippen LogP contribution in [0.2, 0.25) is 0 Å². The van der Waals surface area contributed by atoms with Gasteiger partial charge in [-0.1, -0.05) is 24.3 Å². The average molecular weight is 338 g/mol. The molecule has 0 spiro atoms. The maximum atomic E-state index is 13.1. The van der Waals surface area contributed by atoms with Crippen LogP contribution in [0.5, 0.6) is 0 Å². The van der Waals surface area contributed by atoms with Gasteiger partial charge in [0, 0.05) is 25.9 Å². The smallest absolute Gasteiger partial charge is 0.244 e. The van der Waals surface area contributed by atoms with E-state index in [1.54, 1.807) is 18.2 Å². The summed E-state index contributed by atoms with van der Waals surface area (Å²) in [5, 5.41) is 3.11. The van der Waals surface area contributed by atoms with Gasteiger partial charge in [0.05, 0.1) is 5.54 Å². The van der Waals surface area contributed by atoms with Crippen LogP contribution in [0.15, 0.2) is 54.6 Å². The third-order valence-electron chi connectivity index (χ3n) is 4.80. The molecule has 1 fully saturated rings. The number of nitrogens with zero attached hydrogens (tertiary/aromatic N) is 1. The predicted molar refractivity (Wildman–Crippen MR) is 99.9 cm³/mol.